The fourth-order valence-corrected chi connectivity index (χ4v) is 6.32. The molecule has 4 aromatic rings. The highest BCUT2D eigenvalue weighted by Gasteiger charge is 2.43. The summed E-state index contributed by atoms with van der Waals surface area (Å²) in [5, 5.41) is 0. The second-order valence-corrected chi connectivity index (χ2v) is 11.6. The molecule has 0 radical (unpaired) electrons. The van der Waals surface area contributed by atoms with Crippen molar-refractivity contribution in [2.75, 3.05) is 40.4 Å². The van der Waals surface area contributed by atoms with Crippen LogP contribution in [0.5, 0.6) is 23.0 Å². The normalized spacial score (nSPS) is 15.8. The lowest BCUT2D eigenvalue weighted by Gasteiger charge is -2.34. The number of fused-ring (bicyclic) bond motifs is 2. The second kappa shape index (κ2) is 12.2. The third-order valence-electron chi connectivity index (χ3n) is 9.04. The maximum atomic E-state index is 14.5. The molecule has 0 spiro atoms. The van der Waals surface area contributed by atoms with E-state index in [4.69, 9.17) is 18.9 Å². The quantitative estimate of drug-likeness (QED) is 0.205. The number of aromatic nitrogens is 1. The van der Waals surface area contributed by atoms with Crippen LogP contribution >= 0.6 is 0 Å². The van der Waals surface area contributed by atoms with Crippen molar-refractivity contribution >= 4 is 34.9 Å². The summed E-state index contributed by atoms with van der Waals surface area (Å²) < 4.78 is 24.7. The van der Waals surface area contributed by atoms with Gasteiger partial charge in [0.1, 0.15) is 28.6 Å². The predicted octanol–water partition coefficient (Wildman–Crippen LogP) is 6.87. The van der Waals surface area contributed by atoms with E-state index < -0.39 is 0 Å². The van der Waals surface area contributed by atoms with Gasteiger partial charge in [0, 0.05) is 36.0 Å². The Labute approximate surface area is 264 Å². The zero-order valence-corrected chi connectivity index (χ0v) is 26.9. The number of allylic oxidation sites excluding steroid dienone is 1. The van der Waals surface area contributed by atoms with E-state index in [1.165, 1.54) is 11.3 Å². The van der Waals surface area contributed by atoms with Gasteiger partial charge in [-0.1, -0.05) is 18.2 Å². The van der Waals surface area contributed by atoms with Crippen molar-refractivity contribution in [2.45, 2.75) is 32.7 Å². The molecule has 1 unspecified atom stereocenters. The number of carbonyl (C=O) groups is 1. The standard InChI is InChI=1S/C38H39N2O5/c1-23-22-40-33(19-26(23)12-9-25-10-15-32-27(18-25)11-8-24(2)39(32)3)38(41)36(30-20-28(42-4)13-16-34(30)44-6)37(40)31-21-29(43-5)14-17-35(31)45-7/h9-10,12-22,24H,8,11H2,1-7H3/q+1. The zero-order valence-electron chi connectivity index (χ0n) is 26.9. The molecule has 1 atom stereocenters. The Morgan fingerprint density at radius 2 is 1.49 bits per heavy atom. The molecule has 45 heavy (non-hydrogen) atoms. The number of anilines is 1. The van der Waals surface area contributed by atoms with Crippen LogP contribution in [0, 0.1) is 6.92 Å². The number of carbonyl (C=O) groups excluding carboxylic acids is 1. The Kier molecular flexibility index (Phi) is 8.11. The van der Waals surface area contributed by atoms with Crippen molar-refractivity contribution in [1.29, 1.82) is 0 Å². The third kappa shape index (κ3) is 5.33. The Balaban J connectivity index is 1.49. The Hall–Kier alpha value is -5.04. The molecule has 3 aromatic carbocycles. The highest BCUT2D eigenvalue weighted by Crippen LogP contribution is 2.42. The summed E-state index contributed by atoms with van der Waals surface area (Å²) in [6.45, 7) is 4.33. The van der Waals surface area contributed by atoms with Gasteiger partial charge >= 0.3 is 0 Å². The molecule has 2 aliphatic rings. The molecule has 3 heterocycles. The van der Waals surface area contributed by atoms with Crippen molar-refractivity contribution in [3.8, 4) is 23.0 Å². The summed E-state index contributed by atoms with van der Waals surface area (Å²) in [5.41, 5.74) is 8.87. The summed E-state index contributed by atoms with van der Waals surface area (Å²) in [7, 11) is 8.62. The summed E-state index contributed by atoms with van der Waals surface area (Å²) in [5.74, 6) is 2.33. The number of hydrogen-bond acceptors (Lipinski definition) is 6. The molecule has 1 aromatic heterocycles. The SMILES string of the molecule is COc1ccc(OC)c(C2=C(c3cc(OC)ccc3OC)[n+]3cc(C)c(/C=C/c4ccc5c(c4)CCC(C)N5C)cc3C2=O)c1. The summed E-state index contributed by atoms with van der Waals surface area (Å²) in [6.07, 6.45) is 8.46. The lowest BCUT2D eigenvalue weighted by Crippen LogP contribution is -2.35. The van der Waals surface area contributed by atoms with Gasteiger partial charge in [0.2, 0.25) is 5.70 Å². The van der Waals surface area contributed by atoms with Gasteiger partial charge in [-0.15, -0.1) is 0 Å². The zero-order chi connectivity index (χ0) is 31.8. The summed E-state index contributed by atoms with van der Waals surface area (Å²) >= 11 is 0. The van der Waals surface area contributed by atoms with Crippen molar-refractivity contribution in [2.24, 2.45) is 0 Å². The molecule has 0 fully saturated rings. The number of ether oxygens (including phenoxy) is 4. The van der Waals surface area contributed by atoms with Crippen molar-refractivity contribution in [1.82, 2.24) is 0 Å². The Bertz CT molecular complexity index is 1870. The molecule has 0 saturated carbocycles. The minimum atomic E-state index is -0.123. The average molecular weight is 604 g/mol. The molecule has 0 bridgehead atoms. The van der Waals surface area contributed by atoms with E-state index in [2.05, 4.69) is 56.1 Å². The van der Waals surface area contributed by atoms with E-state index >= 15 is 0 Å². The van der Waals surface area contributed by atoms with Gasteiger partial charge in [-0.3, -0.25) is 4.79 Å². The van der Waals surface area contributed by atoms with Gasteiger partial charge in [-0.05, 0) is 91.9 Å². The predicted molar refractivity (Wildman–Crippen MR) is 179 cm³/mol. The first kappa shape index (κ1) is 30.0. The van der Waals surface area contributed by atoms with Gasteiger partial charge in [-0.2, -0.15) is 4.57 Å². The molecule has 6 rings (SSSR count). The van der Waals surface area contributed by atoms with E-state index in [1.807, 2.05) is 53.2 Å². The van der Waals surface area contributed by atoms with Crippen molar-refractivity contribution in [3.63, 3.8) is 0 Å². The molecular formula is C38H39N2O5+. The number of Topliss-reactive ketones (excluding diaryl/α,β-unsaturated/α-hetero) is 1. The van der Waals surface area contributed by atoms with Crippen LogP contribution in [0.2, 0.25) is 0 Å². The number of benzene rings is 3. The number of aryl methyl sites for hydroxylation is 2. The van der Waals surface area contributed by atoms with Gasteiger partial charge < -0.3 is 23.8 Å². The van der Waals surface area contributed by atoms with E-state index in [0.29, 0.717) is 51.6 Å². The van der Waals surface area contributed by atoms with Crippen LogP contribution in [-0.2, 0) is 6.42 Å². The molecule has 0 saturated heterocycles. The third-order valence-corrected chi connectivity index (χ3v) is 9.04. The minimum Gasteiger partial charge on any atom is -0.497 e. The Morgan fingerprint density at radius 3 is 2.16 bits per heavy atom. The first-order chi connectivity index (χ1) is 21.8. The smallest absolute Gasteiger partial charge is 0.264 e. The van der Waals surface area contributed by atoms with Crippen LogP contribution in [-0.4, -0.2) is 47.3 Å². The average Bonchev–Trinajstić information content (AvgIpc) is 3.34. The van der Waals surface area contributed by atoms with Crippen LogP contribution in [0.1, 0.15) is 57.2 Å². The van der Waals surface area contributed by atoms with E-state index in [9.17, 15) is 4.79 Å². The highest BCUT2D eigenvalue weighted by atomic mass is 16.5. The van der Waals surface area contributed by atoms with Crippen molar-refractivity contribution < 1.29 is 28.3 Å². The van der Waals surface area contributed by atoms with Gasteiger partial charge in [-0.25, -0.2) is 0 Å². The Morgan fingerprint density at radius 1 is 0.822 bits per heavy atom. The fraction of sp³-hybridized carbons (Fsp3) is 0.263. The summed E-state index contributed by atoms with van der Waals surface area (Å²) in [4.78, 5) is 16.8. The van der Waals surface area contributed by atoms with Gasteiger partial charge in [0.25, 0.3) is 11.5 Å². The minimum absolute atomic E-state index is 0.123. The lowest BCUT2D eigenvalue weighted by molar-refractivity contribution is -0.578. The molecule has 0 N–H and O–H groups in total. The lowest BCUT2D eigenvalue weighted by atomic mass is 9.95. The molecule has 7 nitrogen and oxygen atoms in total. The van der Waals surface area contributed by atoms with E-state index in [1.54, 1.807) is 28.4 Å². The number of pyridine rings is 1. The first-order valence-electron chi connectivity index (χ1n) is 15.1. The highest BCUT2D eigenvalue weighted by molar-refractivity contribution is 6.35. The number of nitrogens with zero attached hydrogens (tertiary/aromatic N) is 2. The second-order valence-electron chi connectivity index (χ2n) is 11.6. The monoisotopic (exact) mass is 603 g/mol. The maximum Gasteiger partial charge on any atom is 0.264 e. The molecule has 230 valence electrons. The van der Waals surface area contributed by atoms with Crippen molar-refractivity contribution in [3.05, 3.63) is 106 Å². The number of rotatable bonds is 8. The number of hydrogen-bond donors (Lipinski definition) is 0. The van der Waals surface area contributed by atoms with E-state index in [0.717, 1.165) is 35.1 Å². The molecule has 2 aliphatic heterocycles. The van der Waals surface area contributed by atoms with Crippen LogP contribution < -0.4 is 28.4 Å². The fourth-order valence-electron chi connectivity index (χ4n) is 6.32. The van der Waals surface area contributed by atoms with Crippen LogP contribution in [0.3, 0.4) is 0 Å². The van der Waals surface area contributed by atoms with Gasteiger partial charge in [0.05, 0.1) is 34.0 Å². The largest absolute Gasteiger partial charge is 0.497 e. The number of methoxy groups -OCH3 is 4. The number of ketones is 1. The van der Waals surface area contributed by atoms with Crippen LogP contribution in [0.4, 0.5) is 5.69 Å². The molecule has 0 aliphatic carbocycles. The first-order valence-corrected chi connectivity index (χ1v) is 15.1. The molecule has 7 heteroatoms. The van der Waals surface area contributed by atoms with Gasteiger partial charge in [0.15, 0.2) is 6.20 Å². The van der Waals surface area contributed by atoms with Crippen LogP contribution in [0.15, 0.2) is 66.9 Å². The molecular weight excluding hydrogens is 564 g/mol. The van der Waals surface area contributed by atoms with Crippen LogP contribution in [0.25, 0.3) is 23.4 Å². The molecule has 0 amide bonds. The summed E-state index contributed by atoms with van der Waals surface area (Å²) in [6, 6.07) is 20.2. The maximum absolute atomic E-state index is 14.5. The van der Waals surface area contributed by atoms with E-state index in [-0.39, 0.29) is 5.78 Å². The topological polar surface area (TPSA) is 61.1 Å².